The molecular formula is C30H29F3N6O4. The van der Waals surface area contributed by atoms with Crippen molar-refractivity contribution in [1.82, 2.24) is 24.3 Å². The van der Waals surface area contributed by atoms with E-state index in [1.54, 1.807) is 36.7 Å². The number of fused-ring (bicyclic) bond motifs is 1. The Morgan fingerprint density at radius 3 is 2.51 bits per heavy atom. The van der Waals surface area contributed by atoms with Gasteiger partial charge in [0.05, 0.1) is 28.9 Å². The number of anilines is 1. The average Bonchev–Trinajstić information content (AvgIpc) is 3.80. The highest BCUT2D eigenvalue weighted by Crippen LogP contribution is 2.44. The number of hydrogen-bond acceptors (Lipinski definition) is 8. The van der Waals surface area contributed by atoms with Gasteiger partial charge in [-0.2, -0.15) is 0 Å². The zero-order valence-electron chi connectivity index (χ0n) is 23.3. The molecule has 0 atom stereocenters. The summed E-state index contributed by atoms with van der Waals surface area (Å²) in [5.41, 5.74) is 1.31. The van der Waals surface area contributed by atoms with Gasteiger partial charge in [-0.15, -0.1) is 13.2 Å². The van der Waals surface area contributed by atoms with E-state index in [-0.39, 0.29) is 23.4 Å². The molecule has 0 bridgehead atoms. The van der Waals surface area contributed by atoms with Gasteiger partial charge in [-0.25, -0.2) is 4.98 Å². The molecule has 0 spiro atoms. The third-order valence-corrected chi connectivity index (χ3v) is 8.04. The summed E-state index contributed by atoms with van der Waals surface area (Å²) >= 11 is 0. The molecule has 1 aliphatic heterocycles. The van der Waals surface area contributed by atoms with Gasteiger partial charge in [-0.1, -0.05) is 6.07 Å². The van der Waals surface area contributed by atoms with E-state index in [4.69, 9.17) is 0 Å². The van der Waals surface area contributed by atoms with Crippen LogP contribution in [0.25, 0.3) is 27.7 Å². The summed E-state index contributed by atoms with van der Waals surface area (Å²) in [6.07, 6.45) is 0.704. The highest BCUT2D eigenvalue weighted by molar-refractivity contribution is 6.01. The molecule has 2 aliphatic rings. The summed E-state index contributed by atoms with van der Waals surface area (Å²) in [4.78, 5) is 39.8. The average molecular weight is 595 g/mol. The van der Waals surface area contributed by atoms with Crippen molar-refractivity contribution in [1.29, 1.82) is 0 Å². The lowest BCUT2D eigenvalue weighted by Crippen LogP contribution is -2.54. The summed E-state index contributed by atoms with van der Waals surface area (Å²) in [5, 5.41) is 12.4. The molecule has 224 valence electrons. The number of aromatic nitrogens is 3. The van der Waals surface area contributed by atoms with Crippen LogP contribution in [0.5, 0.6) is 5.75 Å². The molecule has 43 heavy (non-hydrogen) atoms. The summed E-state index contributed by atoms with van der Waals surface area (Å²) in [6.45, 7) is 2.78. The number of aliphatic hydroxyl groups excluding tert-OH is 1. The lowest BCUT2D eigenvalue weighted by Gasteiger charge is -2.37. The molecule has 10 nitrogen and oxygen atoms in total. The first-order valence-corrected chi connectivity index (χ1v) is 13.8. The fourth-order valence-corrected chi connectivity index (χ4v) is 5.47. The van der Waals surface area contributed by atoms with Gasteiger partial charge in [0.2, 0.25) is 5.91 Å². The van der Waals surface area contributed by atoms with Gasteiger partial charge in [0.1, 0.15) is 11.9 Å². The minimum absolute atomic E-state index is 0.163. The van der Waals surface area contributed by atoms with E-state index in [2.05, 4.69) is 29.8 Å². The number of nitrogens with zero attached hydrogens (tertiary/aromatic N) is 5. The fourth-order valence-electron chi connectivity index (χ4n) is 5.47. The number of likely N-dealkylation sites (N-methyl/N-ethyl adjacent to an activating group) is 1. The molecule has 2 aromatic carbocycles. The maximum atomic E-state index is 13.5. The van der Waals surface area contributed by atoms with Crippen molar-refractivity contribution in [2.24, 2.45) is 0 Å². The molecule has 2 fully saturated rings. The van der Waals surface area contributed by atoms with E-state index < -0.39 is 29.1 Å². The Hall–Kier alpha value is -4.33. The van der Waals surface area contributed by atoms with Crippen LogP contribution >= 0.6 is 0 Å². The Labute approximate surface area is 244 Å². The Balaban J connectivity index is 1.33. The van der Waals surface area contributed by atoms with Gasteiger partial charge in [0.15, 0.2) is 5.75 Å². The van der Waals surface area contributed by atoms with E-state index in [0.717, 1.165) is 30.3 Å². The molecular weight excluding hydrogens is 565 g/mol. The Morgan fingerprint density at radius 2 is 1.81 bits per heavy atom. The van der Waals surface area contributed by atoms with E-state index in [1.165, 1.54) is 23.0 Å². The molecule has 1 saturated heterocycles. The number of amides is 1. The molecule has 1 saturated carbocycles. The number of ether oxygens (including phenoxy) is 1. The molecule has 0 unspecified atom stereocenters. The standard InChI is InChI=1S/C30H29F3N6O4/c1-37-8-10-38(11-9-37)29(6-7-29)28(42)36-25-14-22(3-5-26(25)43-30(31,32)33)39-18-35-24-13-20(2-4-23(24)27(39)41)21-12-19(17-40)15-34-16-21/h2-5,12-16,18,40H,6-11,17H2,1H3,(H,36,42). The fraction of sp³-hybridized carbons (Fsp3) is 0.333. The zero-order chi connectivity index (χ0) is 30.4. The van der Waals surface area contributed by atoms with Crippen molar-refractivity contribution in [3.05, 3.63) is 77.1 Å². The second kappa shape index (κ2) is 11.1. The van der Waals surface area contributed by atoms with E-state index in [9.17, 15) is 27.9 Å². The van der Waals surface area contributed by atoms with Gasteiger partial charge >= 0.3 is 6.36 Å². The summed E-state index contributed by atoms with van der Waals surface area (Å²) < 4.78 is 45.2. The largest absolute Gasteiger partial charge is 0.573 e. The van der Waals surface area contributed by atoms with Crippen molar-refractivity contribution in [2.45, 2.75) is 31.3 Å². The third-order valence-electron chi connectivity index (χ3n) is 8.04. The molecule has 4 aromatic rings. The summed E-state index contributed by atoms with van der Waals surface area (Å²) in [6, 6.07) is 10.5. The second-order valence-electron chi connectivity index (χ2n) is 10.9. The van der Waals surface area contributed by atoms with Crippen LogP contribution in [-0.4, -0.2) is 80.5 Å². The minimum atomic E-state index is -4.99. The molecule has 1 amide bonds. The van der Waals surface area contributed by atoms with Crippen molar-refractivity contribution in [3.8, 4) is 22.6 Å². The van der Waals surface area contributed by atoms with Gasteiger partial charge in [-0.05, 0) is 67.4 Å². The first-order valence-electron chi connectivity index (χ1n) is 13.8. The van der Waals surface area contributed by atoms with Crippen LogP contribution in [0.4, 0.5) is 18.9 Å². The number of nitrogens with one attached hydrogen (secondary N) is 1. The number of carbonyl (C=O) groups is 1. The van der Waals surface area contributed by atoms with Crippen LogP contribution in [0.15, 0.2) is 66.0 Å². The van der Waals surface area contributed by atoms with Gasteiger partial charge in [0, 0.05) is 44.1 Å². The van der Waals surface area contributed by atoms with Crippen LogP contribution in [0.2, 0.25) is 0 Å². The van der Waals surface area contributed by atoms with Gasteiger partial charge < -0.3 is 20.1 Å². The predicted molar refractivity (Wildman–Crippen MR) is 153 cm³/mol. The zero-order valence-corrected chi connectivity index (χ0v) is 23.3. The number of benzene rings is 2. The number of halogens is 3. The van der Waals surface area contributed by atoms with Crippen molar-refractivity contribution < 1.29 is 27.8 Å². The van der Waals surface area contributed by atoms with Crippen LogP contribution < -0.4 is 15.6 Å². The van der Waals surface area contributed by atoms with Gasteiger partial charge in [0.25, 0.3) is 5.56 Å². The minimum Gasteiger partial charge on any atom is -0.404 e. The molecule has 1 aliphatic carbocycles. The van der Waals surface area contributed by atoms with Crippen LogP contribution in [-0.2, 0) is 11.4 Å². The van der Waals surface area contributed by atoms with Crippen molar-refractivity contribution >= 4 is 22.5 Å². The van der Waals surface area contributed by atoms with Gasteiger partial charge in [-0.3, -0.25) is 24.0 Å². The lowest BCUT2D eigenvalue weighted by molar-refractivity contribution is -0.274. The number of pyridine rings is 1. The van der Waals surface area contributed by atoms with Crippen molar-refractivity contribution in [2.75, 3.05) is 38.5 Å². The second-order valence-corrected chi connectivity index (χ2v) is 10.9. The topological polar surface area (TPSA) is 113 Å². The number of alkyl halides is 3. The number of aliphatic hydroxyl groups is 1. The molecule has 0 radical (unpaired) electrons. The van der Waals surface area contributed by atoms with Crippen LogP contribution in [0, 0.1) is 0 Å². The maximum Gasteiger partial charge on any atom is 0.573 e. The maximum absolute atomic E-state index is 13.5. The number of hydrogen-bond donors (Lipinski definition) is 2. The molecule has 2 aromatic heterocycles. The predicted octanol–water partition coefficient (Wildman–Crippen LogP) is 3.56. The number of rotatable bonds is 7. The van der Waals surface area contributed by atoms with Crippen molar-refractivity contribution in [3.63, 3.8) is 0 Å². The highest BCUT2D eigenvalue weighted by atomic mass is 19.4. The molecule has 13 heteroatoms. The molecule has 6 rings (SSSR count). The lowest BCUT2D eigenvalue weighted by atomic mass is 10.0. The molecule has 3 heterocycles. The van der Waals surface area contributed by atoms with E-state index in [1.807, 2.05) is 7.05 Å². The Kier molecular flexibility index (Phi) is 7.40. The Bertz CT molecular complexity index is 1750. The monoisotopic (exact) mass is 594 g/mol. The quantitative estimate of drug-likeness (QED) is 0.334. The normalized spacial score (nSPS) is 17.1. The smallest absolute Gasteiger partial charge is 0.404 e. The molecule has 2 N–H and O–H groups in total. The summed E-state index contributed by atoms with van der Waals surface area (Å²) in [5.74, 6) is -0.985. The summed E-state index contributed by atoms with van der Waals surface area (Å²) in [7, 11) is 2.00. The van der Waals surface area contributed by atoms with E-state index >= 15 is 0 Å². The van der Waals surface area contributed by atoms with E-state index in [0.29, 0.717) is 37.0 Å². The Morgan fingerprint density at radius 1 is 1.05 bits per heavy atom. The first-order chi connectivity index (χ1) is 20.6. The first kappa shape index (κ1) is 28.8. The number of piperazine rings is 1. The number of carbonyl (C=O) groups excluding carboxylic acids is 1. The SMILES string of the molecule is CN1CCN(C2(C(=O)Nc3cc(-n4cnc5cc(-c6cncc(CO)c6)ccc5c4=O)ccc3OC(F)(F)F)CC2)CC1. The highest BCUT2D eigenvalue weighted by Gasteiger charge is 2.55. The van der Waals surface area contributed by atoms with Crippen LogP contribution in [0.3, 0.4) is 0 Å². The third kappa shape index (κ3) is 5.83. The van der Waals surface area contributed by atoms with Crippen LogP contribution in [0.1, 0.15) is 18.4 Å².